The maximum Gasteiger partial charge on any atom is 0.270 e. The molecule has 3 aromatic rings. The predicted molar refractivity (Wildman–Crippen MR) is 120 cm³/mol. The van der Waals surface area contributed by atoms with Crippen LogP contribution in [0.25, 0.3) is 10.9 Å². The number of sulfonamides is 1. The number of hydrogen-bond donors (Lipinski definition) is 1. The summed E-state index contributed by atoms with van der Waals surface area (Å²) in [5, 5.41) is 14.3. The number of aromatic nitrogens is 1. The van der Waals surface area contributed by atoms with Gasteiger partial charge in [0.1, 0.15) is 6.54 Å². The highest BCUT2D eigenvalue weighted by molar-refractivity contribution is 7.89. The molecule has 4 rings (SSSR count). The number of anilines is 1. The third-order valence-corrected chi connectivity index (χ3v) is 7.43. The van der Waals surface area contributed by atoms with Crippen molar-refractivity contribution in [3.8, 4) is 0 Å². The third kappa shape index (κ3) is 4.49. The van der Waals surface area contributed by atoms with Gasteiger partial charge in [-0.05, 0) is 43.4 Å². The molecular formula is C21H23N5O5S. The molecule has 0 bridgehead atoms. The van der Waals surface area contributed by atoms with Crippen molar-refractivity contribution in [2.75, 3.05) is 38.5 Å². The summed E-state index contributed by atoms with van der Waals surface area (Å²) in [6.45, 7) is 2.29. The lowest BCUT2D eigenvalue weighted by Gasteiger charge is -2.31. The number of nitro benzene ring substituents is 1. The fourth-order valence-corrected chi connectivity index (χ4v) is 5.10. The minimum atomic E-state index is -3.56. The molecule has 1 aliphatic heterocycles. The molecule has 1 amide bonds. The summed E-state index contributed by atoms with van der Waals surface area (Å²) in [7, 11) is -1.60. The average molecular weight is 458 g/mol. The van der Waals surface area contributed by atoms with Gasteiger partial charge in [0, 0.05) is 61.1 Å². The normalized spacial score (nSPS) is 15.7. The van der Waals surface area contributed by atoms with Gasteiger partial charge in [-0.15, -0.1) is 0 Å². The van der Waals surface area contributed by atoms with Crippen molar-refractivity contribution in [3.63, 3.8) is 0 Å². The number of rotatable bonds is 6. The van der Waals surface area contributed by atoms with Crippen molar-refractivity contribution >= 4 is 38.2 Å². The second kappa shape index (κ2) is 8.69. The lowest BCUT2D eigenvalue weighted by Crippen LogP contribution is -2.46. The highest BCUT2D eigenvalue weighted by Crippen LogP contribution is 2.23. The summed E-state index contributed by atoms with van der Waals surface area (Å²) < 4.78 is 28.8. The number of fused-ring (bicyclic) bond motifs is 1. The molecule has 0 atom stereocenters. The standard InChI is InChI=1S/C21H23N5O5S/c1-23-10-12-25(13-11-23)32(30,31)19-5-2-17(3-6-19)22-21(27)15-24-9-8-16-14-18(26(28)29)4-7-20(16)24/h2-9,14H,10-13,15H2,1H3,(H,22,27). The van der Waals surface area contributed by atoms with Crippen LogP contribution in [0.15, 0.2) is 59.6 Å². The first-order valence-electron chi connectivity index (χ1n) is 10.1. The Morgan fingerprint density at radius 2 is 1.75 bits per heavy atom. The smallest absolute Gasteiger partial charge is 0.270 e. The van der Waals surface area contributed by atoms with E-state index < -0.39 is 14.9 Å². The van der Waals surface area contributed by atoms with Gasteiger partial charge >= 0.3 is 0 Å². The number of amides is 1. The molecule has 10 nitrogen and oxygen atoms in total. The van der Waals surface area contributed by atoms with E-state index in [0.29, 0.717) is 42.8 Å². The first-order valence-corrected chi connectivity index (χ1v) is 11.5. The number of likely N-dealkylation sites (N-methyl/N-ethyl adjacent to an activating group) is 1. The fourth-order valence-electron chi connectivity index (χ4n) is 3.68. The Bertz CT molecular complexity index is 1260. The Morgan fingerprint density at radius 3 is 2.41 bits per heavy atom. The van der Waals surface area contributed by atoms with Gasteiger partial charge in [-0.1, -0.05) is 0 Å². The van der Waals surface area contributed by atoms with E-state index in [0.717, 1.165) is 0 Å². The number of non-ortho nitro benzene ring substituents is 1. The minimum absolute atomic E-state index is 0.00804. The van der Waals surface area contributed by atoms with Crippen LogP contribution in [0.4, 0.5) is 11.4 Å². The molecule has 0 radical (unpaired) electrons. The van der Waals surface area contributed by atoms with Gasteiger partial charge in [0.2, 0.25) is 15.9 Å². The molecule has 1 N–H and O–H groups in total. The molecule has 32 heavy (non-hydrogen) atoms. The summed E-state index contributed by atoms with van der Waals surface area (Å²) in [6, 6.07) is 12.3. The zero-order valence-corrected chi connectivity index (χ0v) is 18.3. The number of benzene rings is 2. The van der Waals surface area contributed by atoms with Crippen LogP contribution < -0.4 is 5.32 Å². The second-order valence-corrected chi connectivity index (χ2v) is 9.66. The van der Waals surface area contributed by atoms with Crippen LogP contribution >= 0.6 is 0 Å². The first-order chi connectivity index (χ1) is 15.2. The highest BCUT2D eigenvalue weighted by Gasteiger charge is 2.27. The molecule has 0 saturated carbocycles. The maximum atomic E-state index is 12.8. The van der Waals surface area contributed by atoms with Crippen LogP contribution in [-0.2, 0) is 21.4 Å². The summed E-state index contributed by atoms with van der Waals surface area (Å²) in [5.74, 6) is -0.296. The number of carbonyl (C=O) groups excluding carboxylic acids is 1. The fraction of sp³-hybridized carbons (Fsp3) is 0.286. The Labute approximate surface area is 185 Å². The van der Waals surface area contributed by atoms with Crippen LogP contribution in [0, 0.1) is 10.1 Å². The minimum Gasteiger partial charge on any atom is -0.338 e. The van der Waals surface area contributed by atoms with Crippen molar-refractivity contribution in [2.24, 2.45) is 0 Å². The van der Waals surface area contributed by atoms with E-state index in [4.69, 9.17) is 0 Å². The summed E-state index contributed by atoms with van der Waals surface area (Å²) >= 11 is 0. The van der Waals surface area contributed by atoms with Gasteiger partial charge in [0.05, 0.1) is 9.82 Å². The lowest BCUT2D eigenvalue weighted by atomic mass is 10.2. The van der Waals surface area contributed by atoms with E-state index in [-0.39, 0.29) is 23.0 Å². The van der Waals surface area contributed by atoms with Crippen molar-refractivity contribution in [3.05, 3.63) is 64.8 Å². The van der Waals surface area contributed by atoms with E-state index in [1.807, 2.05) is 7.05 Å². The van der Waals surface area contributed by atoms with Gasteiger partial charge in [-0.2, -0.15) is 4.31 Å². The van der Waals surface area contributed by atoms with Crippen LogP contribution in [-0.4, -0.2) is 66.2 Å². The molecule has 168 valence electrons. The Kier molecular flexibility index (Phi) is 5.96. The molecule has 2 aromatic carbocycles. The molecule has 1 fully saturated rings. The van der Waals surface area contributed by atoms with Crippen LogP contribution in [0.3, 0.4) is 0 Å². The predicted octanol–water partition coefficient (Wildman–Crippen LogP) is 2.12. The van der Waals surface area contributed by atoms with Crippen LogP contribution in [0.2, 0.25) is 0 Å². The van der Waals surface area contributed by atoms with Gasteiger partial charge in [0.15, 0.2) is 0 Å². The number of hydrogen-bond acceptors (Lipinski definition) is 6. The Balaban J connectivity index is 1.42. The largest absolute Gasteiger partial charge is 0.338 e. The zero-order valence-electron chi connectivity index (χ0n) is 17.5. The number of piperazine rings is 1. The summed E-state index contributed by atoms with van der Waals surface area (Å²) in [5.41, 5.74) is 1.19. The van der Waals surface area contributed by atoms with Crippen LogP contribution in [0.1, 0.15) is 0 Å². The zero-order chi connectivity index (χ0) is 22.9. The highest BCUT2D eigenvalue weighted by atomic mass is 32.2. The van der Waals surface area contributed by atoms with E-state index in [2.05, 4.69) is 10.2 Å². The lowest BCUT2D eigenvalue weighted by molar-refractivity contribution is -0.384. The van der Waals surface area contributed by atoms with E-state index in [1.54, 1.807) is 35.0 Å². The third-order valence-electron chi connectivity index (χ3n) is 5.52. The SMILES string of the molecule is CN1CCN(S(=O)(=O)c2ccc(NC(=O)Cn3ccc4cc([N+](=O)[O-])ccc43)cc2)CC1. The molecular weight excluding hydrogens is 434 g/mol. The van der Waals surface area contributed by atoms with Gasteiger partial charge < -0.3 is 14.8 Å². The maximum absolute atomic E-state index is 12.8. The van der Waals surface area contributed by atoms with Gasteiger partial charge in [-0.3, -0.25) is 14.9 Å². The number of carbonyl (C=O) groups is 1. The quantitative estimate of drug-likeness (QED) is 0.448. The number of nitrogens with one attached hydrogen (secondary N) is 1. The average Bonchev–Trinajstić information content (AvgIpc) is 3.16. The molecule has 11 heteroatoms. The summed E-state index contributed by atoms with van der Waals surface area (Å²) in [4.78, 5) is 25.2. The Hall–Kier alpha value is -3.28. The molecule has 0 unspecified atom stereocenters. The van der Waals surface area contributed by atoms with Crippen molar-refractivity contribution < 1.29 is 18.1 Å². The number of nitrogens with zero attached hydrogens (tertiary/aromatic N) is 4. The topological polar surface area (TPSA) is 118 Å². The molecule has 0 aliphatic carbocycles. The van der Waals surface area contributed by atoms with E-state index in [9.17, 15) is 23.3 Å². The monoisotopic (exact) mass is 457 g/mol. The van der Waals surface area contributed by atoms with E-state index in [1.165, 1.54) is 28.6 Å². The first kappa shape index (κ1) is 21.9. The van der Waals surface area contributed by atoms with Crippen LogP contribution in [0.5, 0.6) is 0 Å². The number of nitro groups is 1. The molecule has 2 heterocycles. The van der Waals surface area contributed by atoms with Gasteiger partial charge in [-0.25, -0.2) is 8.42 Å². The molecule has 1 aliphatic rings. The Morgan fingerprint density at radius 1 is 1.06 bits per heavy atom. The van der Waals surface area contributed by atoms with Crippen molar-refractivity contribution in [2.45, 2.75) is 11.4 Å². The second-order valence-electron chi connectivity index (χ2n) is 7.72. The molecule has 1 aromatic heterocycles. The summed E-state index contributed by atoms with van der Waals surface area (Å²) in [6.07, 6.45) is 1.69. The van der Waals surface area contributed by atoms with Crippen molar-refractivity contribution in [1.82, 2.24) is 13.8 Å². The molecule has 1 saturated heterocycles. The van der Waals surface area contributed by atoms with Gasteiger partial charge in [0.25, 0.3) is 5.69 Å². The molecule has 0 spiro atoms. The van der Waals surface area contributed by atoms with E-state index >= 15 is 0 Å². The van der Waals surface area contributed by atoms with Crippen molar-refractivity contribution in [1.29, 1.82) is 0 Å².